The normalized spacial score (nSPS) is 20.1. The fourth-order valence-corrected chi connectivity index (χ4v) is 3.28. The fourth-order valence-electron chi connectivity index (χ4n) is 3.28. The number of hydrogen-bond acceptors (Lipinski definition) is 6. The number of allylic oxidation sites excluding steroid dienone is 1. The molecular formula is C21H25N5O. The van der Waals surface area contributed by atoms with Gasteiger partial charge in [0.2, 0.25) is 5.89 Å². The van der Waals surface area contributed by atoms with Crippen LogP contribution in [-0.4, -0.2) is 34.9 Å². The molecule has 0 saturated carbocycles. The van der Waals surface area contributed by atoms with Crippen molar-refractivity contribution in [1.29, 1.82) is 0 Å². The lowest BCUT2D eigenvalue weighted by atomic mass is 9.90. The zero-order chi connectivity index (χ0) is 19.4. The van der Waals surface area contributed by atoms with Crippen LogP contribution in [0.2, 0.25) is 0 Å². The minimum Gasteiger partial charge on any atom is -0.414 e. The highest BCUT2D eigenvalue weighted by molar-refractivity contribution is 5.65. The molecule has 6 heteroatoms. The third kappa shape index (κ3) is 3.84. The summed E-state index contributed by atoms with van der Waals surface area (Å²) in [6, 6.07) is 7.99. The van der Waals surface area contributed by atoms with Gasteiger partial charge in [-0.2, -0.15) is 0 Å². The topological polar surface area (TPSA) is 80.5 Å². The van der Waals surface area contributed by atoms with Gasteiger partial charge in [-0.3, -0.25) is 4.99 Å². The Labute approximate surface area is 159 Å². The molecule has 1 heterocycles. The van der Waals surface area contributed by atoms with Crippen molar-refractivity contribution >= 4 is 18.5 Å². The first-order chi connectivity index (χ1) is 13.0. The van der Waals surface area contributed by atoms with Crippen LogP contribution in [0.3, 0.4) is 0 Å². The van der Waals surface area contributed by atoms with E-state index in [-0.39, 0.29) is 5.89 Å². The molecule has 1 aliphatic carbocycles. The summed E-state index contributed by atoms with van der Waals surface area (Å²) in [6.45, 7) is 9.61. The summed E-state index contributed by atoms with van der Waals surface area (Å²) in [5.74, 6) is 1.64. The minimum absolute atomic E-state index is 0.260. The molecule has 0 amide bonds. The van der Waals surface area contributed by atoms with Crippen molar-refractivity contribution in [1.82, 2.24) is 15.1 Å². The van der Waals surface area contributed by atoms with Gasteiger partial charge in [0.1, 0.15) is 5.82 Å². The van der Waals surface area contributed by atoms with Gasteiger partial charge < -0.3 is 15.1 Å². The molecule has 2 atom stereocenters. The highest BCUT2D eigenvalue weighted by Gasteiger charge is 2.26. The molecule has 2 N–H and O–H groups in total. The predicted molar refractivity (Wildman–Crippen MR) is 110 cm³/mol. The van der Waals surface area contributed by atoms with Crippen LogP contribution in [0.4, 0.5) is 0 Å². The van der Waals surface area contributed by atoms with Gasteiger partial charge >= 0.3 is 0 Å². The van der Waals surface area contributed by atoms with Crippen LogP contribution in [0.25, 0.3) is 23.2 Å². The van der Waals surface area contributed by atoms with E-state index in [1.807, 2.05) is 36.2 Å². The van der Waals surface area contributed by atoms with E-state index in [2.05, 4.69) is 47.6 Å². The summed E-state index contributed by atoms with van der Waals surface area (Å²) in [7, 11) is 1.96. The number of nitrogens with two attached hydrogens (primary N) is 1. The molecular weight excluding hydrogens is 338 g/mol. The molecule has 1 aliphatic rings. The average Bonchev–Trinajstić information content (AvgIpc) is 3.18. The molecule has 0 radical (unpaired) electrons. The lowest BCUT2D eigenvalue weighted by Gasteiger charge is -2.35. The maximum Gasteiger partial charge on any atom is 0.270 e. The van der Waals surface area contributed by atoms with Gasteiger partial charge in [0.15, 0.2) is 5.70 Å². The quantitative estimate of drug-likeness (QED) is 0.621. The molecule has 1 aromatic heterocycles. The van der Waals surface area contributed by atoms with E-state index >= 15 is 0 Å². The molecule has 3 rings (SSSR count). The first-order valence-corrected chi connectivity index (χ1v) is 8.96. The second-order valence-corrected chi connectivity index (χ2v) is 6.73. The van der Waals surface area contributed by atoms with E-state index in [1.165, 1.54) is 0 Å². The molecule has 2 aromatic rings. The van der Waals surface area contributed by atoms with E-state index < -0.39 is 0 Å². The lowest BCUT2D eigenvalue weighted by molar-refractivity contribution is 0.221. The standard InChI is InChI=1S/C21H25N5O/c1-5-15-10-12-16(13-11-15)20-24-25-21(27-20)18(23-3)19(22)26(4)17-9-7-6-8-14(17)2/h5-7,10-14,17H,1,3,8-9,22H2,2,4H3/b19-18-/t14?,17-/m1/s1. The van der Waals surface area contributed by atoms with Crippen LogP contribution in [0.1, 0.15) is 31.2 Å². The second kappa shape index (κ2) is 8.03. The SMILES string of the molecule is C=Cc1ccc(-c2nnc(/C(N=C)=C(\N)N(C)[C@@H]3CC=CCC3C)o2)cc1. The highest BCUT2D eigenvalue weighted by Crippen LogP contribution is 2.28. The maximum atomic E-state index is 6.39. The van der Waals surface area contributed by atoms with Gasteiger partial charge in [0, 0.05) is 18.7 Å². The number of hydrogen-bond donors (Lipinski definition) is 1. The Hall–Kier alpha value is -3.15. The summed E-state index contributed by atoms with van der Waals surface area (Å²) in [5, 5.41) is 8.26. The zero-order valence-electron chi connectivity index (χ0n) is 15.8. The third-order valence-corrected chi connectivity index (χ3v) is 5.01. The fraction of sp³-hybridized carbons (Fsp3) is 0.286. The summed E-state index contributed by atoms with van der Waals surface area (Å²) < 4.78 is 5.82. The molecule has 0 fully saturated rings. The molecule has 0 bridgehead atoms. The van der Waals surface area contributed by atoms with Crippen LogP contribution in [-0.2, 0) is 0 Å². The number of aliphatic imine (C=N–C) groups is 1. The van der Waals surface area contributed by atoms with Gasteiger partial charge in [-0.15, -0.1) is 10.2 Å². The van der Waals surface area contributed by atoms with E-state index in [1.54, 1.807) is 6.08 Å². The van der Waals surface area contributed by atoms with Gasteiger partial charge in [-0.05, 0) is 43.2 Å². The summed E-state index contributed by atoms with van der Waals surface area (Å²) in [4.78, 5) is 6.10. The number of rotatable bonds is 6. The Morgan fingerprint density at radius 1 is 1.26 bits per heavy atom. The molecule has 140 valence electrons. The van der Waals surface area contributed by atoms with Gasteiger partial charge in [-0.25, -0.2) is 0 Å². The van der Waals surface area contributed by atoms with Crippen LogP contribution in [0.15, 0.2) is 58.2 Å². The van der Waals surface area contributed by atoms with E-state index in [0.29, 0.717) is 29.4 Å². The molecule has 27 heavy (non-hydrogen) atoms. The Kier molecular flexibility index (Phi) is 5.54. The van der Waals surface area contributed by atoms with Gasteiger partial charge in [0.25, 0.3) is 5.89 Å². The van der Waals surface area contributed by atoms with E-state index in [0.717, 1.165) is 24.0 Å². The van der Waals surface area contributed by atoms with E-state index in [4.69, 9.17) is 10.2 Å². The molecule has 0 saturated heterocycles. The average molecular weight is 363 g/mol. The molecule has 0 spiro atoms. The van der Waals surface area contributed by atoms with Gasteiger partial charge in [-0.1, -0.05) is 43.9 Å². The van der Waals surface area contributed by atoms with Crippen molar-refractivity contribution < 1.29 is 4.42 Å². The maximum absolute atomic E-state index is 6.39. The molecule has 0 aliphatic heterocycles. The summed E-state index contributed by atoms with van der Waals surface area (Å²) in [6.07, 6.45) is 8.15. The number of aromatic nitrogens is 2. The second-order valence-electron chi connectivity index (χ2n) is 6.73. The highest BCUT2D eigenvalue weighted by atomic mass is 16.4. The molecule has 6 nitrogen and oxygen atoms in total. The first-order valence-electron chi connectivity index (χ1n) is 8.96. The smallest absolute Gasteiger partial charge is 0.270 e. The van der Waals surface area contributed by atoms with Crippen molar-refractivity contribution in [3.05, 3.63) is 60.3 Å². The van der Waals surface area contributed by atoms with Crippen molar-refractivity contribution in [2.45, 2.75) is 25.8 Å². The third-order valence-electron chi connectivity index (χ3n) is 5.01. The largest absolute Gasteiger partial charge is 0.414 e. The van der Waals surface area contributed by atoms with E-state index in [9.17, 15) is 0 Å². The molecule has 1 aromatic carbocycles. The van der Waals surface area contributed by atoms with Crippen LogP contribution < -0.4 is 5.73 Å². The minimum atomic E-state index is 0.260. The van der Waals surface area contributed by atoms with Crippen molar-refractivity contribution in [3.63, 3.8) is 0 Å². The molecule has 1 unspecified atom stereocenters. The van der Waals surface area contributed by atoms with Crippen LogP contribution >= 0.6 is 0 Å². The lowest BCUT2D eigenvalue weighted by Crippen LogP contribution is -2.40. The zero-order valence-corrected chi connectivity index (χ0v) is 15.8. The summed E-state index contributed by atoms with van der Waals surface area (Å²) >= 11 is 0. The Morgan fingerprint density at radius 3 is 2.59 bits per heavy atom. The van der Waals surface area contributed by atoms with Crippen molar-refractivity contribution in [3.8, 4) is 11.5 Å². The Bertz CT molecular complexity index is 878. The van der Waals surface area contributed by atoms with Crippen molar-refractivity contribution in [2.24, 2.45) is 16.6 Å². The monoisotopic (exact) mass is 363 g/mol. The van der Waals surface area contributed by atoms with Crippen LogP contribution in [0, 0.1) is 5.92 Å². The Balaban J connectivity index is 1.89. The summed E-state index contributed by atoms with van der Waals surface area (Å²) in [5.41, 5.74) is 8.64. The van der Waals surface area contributed by atoms with Crippen LogP contribution in [0.5, 0.6) is 0 Å². The number of benzene rings is 1. The predicted octanol–water partition coefficient (Wildman–Crippen LogP) is 3.95. The number of nitrogens with zero attached hydrogens (tertiary/aromatic N) is 4. The van der Waals surface area contributed by atoms with Crippen molar-refractivity contribution in [2.75, 3.05) is 7.05 Å². The first kappa shape index (κ1) is 18.6. The Morgan fingerprint density at radius 2 is 1.96 bits per heavy atom. The van der Waals surface area contributed by atoms with Gasteiger partial charge in [0.05, 0.1) is 0 Å².